The van der Waals surface area contributed by atoms with Crippen LogP contribution in [0.1, 0.15) is 50.8 Å². The third kappa shape index (κ3) is 6.46. The maximum absolute atomic E-state index is 14.1. The average molecular weight is 685 g/mol. The van der Waals surface area contributed by atoms with Gasteiger partial charge in [-0.15, -0.1) is 0 Å². The summed E-state index contributed by atoms with van der Waals surface area (Å²) in [6.45, 7) is 7.35. The van der Waals surface area contributed by atoms with Gasteiger partial charge >= 0.3 is 5.97 Å². The van der Waals surface area contributed by atoms with Crippen molar-refractivity contribution in [3.05, 3.63) is 83.0 Å². The highest BCUT2D eigenvalue weighted by molar-refractivity contribution is 9.10. The summed E-state index contributed by atoms with van der Waals surface area (Å²) in [7, 11) is 1.54. The number of nitrogens with zero attached hydrogens (tertiary/aromatic N) is 3. The van der Waals surface area contributed by atoms with Gasteiger partial charge in [0.1, 0.15) is 11.8 Å². The van der Waals surface area contributed by atoms with Crippen molar-refractivity contribution in [2.75, 3.05) is 40.0 Å². The molecule has 2 aromatic carbocycles. The first kappa shape index (κ1) is 31.5. The van der Waals surface area contributed by atoms with Crippen molar-refractivity contribution in [3.8, 4) is 17.2 Å². The fourth-order valence-electron chi connectivity index (χ4n) is 5.36. The van der Waals surface area contributed by atoms with Crippen LogP contribution in [0.5, 0.6) is 17.2 Å². The molecule has 1 saturated heterocycles. The molecule has 0 saturated carbocycles. The number of methoxy groups -OCH3 is 1. The fourth-order valence-corrected chi connectivity index (χ4v) is 6.78. The minimum absolute atomic E-state index is 0.0516. The summed E-state index contributed by atoms with van der Waals surface area (Å²) in [4.78, 5) is 46.7. The lowest BCUT2D eigenvalue weighted by molar-refractivity contribution is -0.139. The number of hydrogen-bond acceptors (Lipinski definition) is 9. The summed E-state index contributed by atoms with van der Waals surface area (Å²) in [6, 6.07) is 9.96. The molecule has 0 spiro atoms. The number of fused-ring (bicyclic) bond motifs is 1. The van der Waals surface area contributed by atoms with E-state index in [0.29, 0.717) is 50.0 Å². The maximum Gasteiger partial charge on any atom is 0.338 e. The number of halogens is 1. The number of esters is 1. The lowest BCUT2D eigenvalue weighted by Gasteiger charge is -2.26. The van der Waals surface area contributed by atoms with Gasteiger partial charge in [-0.05, 0) is 75.6 Å². The molecule has 3 aromatic rings. The zero-order valence-corrected chi connectivity index (χ0v) is 27.5. The summed E-state index contributed by atoms with van der Waals surface area (Å²) in [5, 5.41) is 0. The highest BCUT2D eigenvalue weighted by Crippen LogP contribution is 2.37. The first-order chi connectivity index (χ1) is 21.2. The molecule has 0 aliphatic carbocycles. The fraction of sp³-hybridized carbons (Fsp3) is 0.375. The lowest BCUT2D eigenvalue weighted by atomic mass is 9.95. The molecule has 1 fully saturated rings. The molecule has 0 radical (unpaired) electrons. The summed E-state index contributed by atoms with van der Waals surface area (Å²) >= 11 is 4.74. The number of carbonyl (C=O) groups is 2. The summed E-state index contributed by atoms with van der Waals surface area (Å²) in [5.74, 6) is 0.846. The number of likely N-dealkylation sites (tertiary alicyclic amines) is 1. The van der Waals surface area contributed by atoms with Crippen molar-refractivity contribution < 1.29 is 28.5 Å². The standard InChI is InChI=1S/C32H34BrN3O7S/c1-5-41-25-15-20(9-11-24(25)43-18-27(37)35-13-7-8-14-35)16-26-30(38)36-29(22-17-21(33)10-12-23(22)40-4)28(31(39)42-6-2)19(3)34-32(36)44-26/h9-12,15-17,29H,5-8,13-14,18H2,1-4H3/b26-16-/t29-/m1/s1. The number of rotatable bonds is 10. The molecule has 12 heteroatoms. The van der Waals surface area contributed by atoms with Crippen LogP contribution >= 0.6 is 27.3 Å². The van der Waals surface area contributed by atoms with Crippen LogP contribution in [-0.2, 0) is 14.3 Å². The van der Waals surface area contributed by atoms with Gasteiger partial charge in [0.25, 0.3) is 11.5 Å². The number of thiazole rings is 1. The summed E-state index contributed by atoms with van der Waals surface area (Å²) in [5.41, 5.74) is 1.74. The van der Waals surface area contributed by atoms with Gasteiger partial charge in [-0.2, -0.15) is 0 Å². The smallest absolute Gasteiger partial charge is 0.338 e. The molecule has 0 unspecified atom stereocenters. The number of aromatic nitrogens is 1. The van der Waals surface area contributed by atoms with E-state index in [4.69, 9.17) is 18.9 Å². The molecule has 10 nitrogen and oxygen atoms in total. The van der Waals surface area contributed by atoms with Gasteiger partial charge in [0.15, 0.2) is 22.9 Å². The predicted octanol–water partition coefficient (Wildman–Crippen LogP) is 3.97. The average Bonchev–Trinajstić information content (AvgIpc) is 3.65. The Hall–Kier alpha value is -3.90. The van der Waals surface area contributed by atoms with E-state index in [-0.39, 0.29) is 30.3 Å². The van der Waals surface area contributed by atoms with Crippen molar-refractivity contribution >= 4 is 45.2 Å². The molecule has 232 valence electrons. The van der Waals surface area contributed by atoms with Crippen LogP contribution < -0.4 is 29.1 Å². The van der Waals surface area contributed by atoms with E-state index in [0.717, 1.165) is 30.4 Å². The molecule has 2 aliphatic heterocycles. The second-order valence-electron chi connectivity index (χ2n) is 10.2. The molecular weight excluding hydrogens is 650 g/mol. The number of hydrogen-bond donors (Lipinski definition) is 0. The van der Waals surface area contributed by atoms with E-state index in [1.165, 1.54) is 15.9 Å². The van der Waals surface area contributed by atoms with Gasteiger partial charge in [-0.3, -0.25) is 14.2 Å². The highest BCUT2D eigenvalue weighted by Gasteiger charge is 2.35. The van der Waals surface area contributed by atoms with Crippen LogP contribution in [0.3, 0.4) is 0 Å². The van der Waals surface area contributed by atoms with E-state index >= 15 is 0 Å². The SMILES string of the molecule is CCOC(=O)C1=C(C)N=c2s/c(=C\c3ccc(OCC(=O)N4CCCC4)c(OCC)c3)c(=O)n2[C@@H]1c1cc(Br)ccc1OC. The van der Waals surface area contributed by atoms with E-state index in [1.807, 2.05) is 19.1 Å². The monoisotopic (exact) mass is 683 g/mol. The zero-order chi connectivity index (χ0) is 31.4. The van der Waals surface area contributed by atoms with Gasteiger partial charge in [0, 0.05) is 23.1 Å². The third-order valence-electron chi connectivity index (χ3n) is 7.38. The second-order valence-corrected chi connectivity index (χ2v) is 12.1. The van der Waals surface area contributed by atoms with E-state index < -0.39 is 12.0 Å². The van der Waals surface area contributed by atoms with Gasteiger partial charge in [-0.25, -0.2) is 9.79 Å². The molecule has 44 heavy (non-hydrogen) atoms. The Balaban J connectivity index is 1.56. The number of carbonyl (C=O) groups excluding carboxylic acids is 2. The summed E-state index contributed by atoms with van der Waals surface area (Å²) in [6.07, 6.45) is 3.78. The van der Waals surface area contributed by atoms with Crippen LogP contribution in [0.2, 0.25) is 0 Å². The normalized spacial score (nSPS) is 16.4. The van der Waals surface area contributed by atoms with E-state index in [2.05, 4.69) is 20.9 Å². The Morgan fingerprint density at radius 2 is 1.80 bits per heavy atom. The highest BCUT2D eigenvalue weighted by atomic mass is 79.9. The van der Waals surface area contributed by atoms with E-state index in [9.17, 15) is 14.4 Å². The largest absolute Gasteiger partial charge is 0.496 e. The Kier molecular flexibility index (Phi) is 9.90. The van der Waals surface area contributed by atoms with Gasteiger partial charge in [-0.1, -0.05) is 33.3 Å². The molecule has 1 amide bonds. The Labute approximate surface area is 267 Å². The van der Waals surface area contributed by atoms with Crippen molar-refractivity contribution in [2.24, 2.45) is 4.99 Å². The minimum Gasteiger partial charge on any atom is -0.496 e. The Bertz CT molecular complexity index is 1790. The Morgan fingerprint density at radius 1 is 1.05 bits per heavy atom. The van der Waals surface area contributed by atoms with Crippen molar-refractivity contribution in [3.63, 3.8) is 0 Å². The molecule has 0 N–H and O–H groups in total. The number of benzene rings is 2. The Morgan fingerprint density at radius 3 is 2.50 bits per heavy atom. The molecular formula is C32H34BrN3O7S. The van der Waals surface area contributed by atoms with Crippen LogP contribution in [-0.4, -0.2) is 61.4 Å². The number of allylic oxidation sites excluding steroid dienone is 1. The molecule has 1 aromatic heterocycles. The van der Waals surface area contributed by atoms with E-state index in [1.54, 1.807) is 56.2 Å². The van der Waals surface area contributed by atoms with Crippen LogP contribution in [0.4, 0.5) is 0 Å². The third-order valence-corrected chi connectivity index (χ3v) is 8.85. The van der Waals surface area contributed by atoms with Gasteiger partial charge in [0.05, 0.1) is 36.1 Å². The molecule has 0 bridgehead atoms. The summed E-state index contributed by atoms with van der Waals surface area (Å²) < 4.78 is 25.4. The predicted molar refractivity (Wildman–Crippen MR) is 170 cm³/mol. The molecule has 5 rings (SSSR count). The molecule has 3 heterocycles. The van der Waals surface area contributed by atoms with Gasteiger partial charge in [0.2, 0.25) is 0 Å². The van der Waals surface area contributed by atoms with Crippen molar-refractivity contribution in [1.82, 2.24) is 9.47 Å². The number of ether oxygens (including phenoxy) is 4. The minimum atomic E-state index is -0.817. The van der Waals surface area contributed by atoms with Gasteiger partial charge < -0.3 is 23.8 Å². The molecule has 1 atom stereocenters. The van der Waals surface area contributed by atoms with Crippen LogP contribution in [0, 0.1) is 0 Å². The van der Waals surface area contributed by atoms with Crippen molar-refractivity contribution in [1.29, 1.82) is 0 Å². The topological polar surface area (TPSA) is 109 Å². The zero-order valence-electron chi connectivity index (χ0n) is 25.1. The first-order valence-corrected chi connectivity index (χ1v) is 16.1. The van der Waals surface area contributed by atoms with Crippen LogP contribution in [0.15, 0.2) is 61.9 Å². The first-order valence-electron chi connectivity index (χ1n) is 14.5. The maximum atomic E-state index is 14.1. The quantitative estimate of drug-likeness (QED) is 0.298. The second kappa shape index (κ2) is 13.8. The van der Waals surface area contributed by atoms with Crippen LogP contribution in [0.25, 0.3) is 6.08 Å². The molecule has 2 aliphatic rings. The lowest BCUT2D eigenvalue weighted by Crippen LogP contribution is -2.40. The number of amides is 1. The van der Waals surface area contributed by atoms with Crippen molar-refractivity contribution in [2.45, 2.75) is 39.7 Å².